The molecule has 96 valence electrons. The first-order valence-electron chi connectivity index (χ1n) is 5.67. The van der Waals surface area contributed by atoms with E-state index in [2.05, 4.69) is 10.3 Å². The summed E-state index contributed by atoms with van der Waals surface area (Å²) in [5.74, 6) is 0.694. The van der Waals surface area contributed by atoms with Gasteiger partial charge in [0, 0.05) is 7.05 Å². The molecule has 0 fully saturated rings. The average molecular weight is 267 g/mol. The Bertz CT molecular complexity index is 525. The number of aryl methyl sites for hydroxylation is 2. The van der Waals surface area contributed by atoms with Crippen molar-refractivity contribution < 1.29 is 9.15 Å². The molecule has 0 aliphatic carbocycles. The Morgan fingerprint density at radius 2 is 2.22 bits per heavy atom. The lowest BCUT2D eigenvalue weighted by molar-refractivity contribution is 0.415. The van der Waals surface area contributed by atoms with Crippen LogP contribution < -0.4 is 10.1 Å². The summed E-state index contributed by atoms with van der Waals surface area (Å²) in [4.78, 5) is 4.26. The van der Waals surface area contributed by atoms with Gasteiger partial charge in [0.25, 0.3) is 6.01 Å². The third-order valence-electron chi connectivity index (χ3n) is 2.65. The smallest absolute Gasteiger partial charge is 0.294 e. The van der Waals surface area contributed by atoms with Gasteiger partial charge in [-0.25, -0.2) is 0 Å². The van der Waals surface area contributed by atoms with Crippen molar-refractivity contribution in [3.63, 3.8) is 0 Å². The van der Waals surface area contributed by atoms with E-state index in [1.165, 1.54) is 0 Å². The number of rotatable bonds is 5. The summed E-state index contributed by atoms with van der Waals surface area (Å²) >= 11 is 6.07. The molecule has 18 heavy (non-hydrogen) atoms. The van der Waals surface area contributed by atoms with E-state index in [0.29, 0.717) is 16.8 Å². The predicted molar refractivity (Wildman–Crippen MR) is 71.5 cm³/mol. The molecule has 0 bridgehead atoms. The highest BCUT2D eigenvalue weighted by Gasteiger charge is 2.05. The van der Waals surface area contributed by atoms with Crippen molar-refractivity contribution in [3.8, 4) is 5.75 Å². The molecule has 0 atom stereocenters. The zero-order chi connectivity index (χ0) is 13.0. The number of hydrogen-bond donors (Lipinski definition) is 1. The number of hydrogen-bond acceptors (Lipinski definition) is 4. The minimum atomic E-state index is 0.540. The molecule has 4 nitrogen and oxygen atoms in total. The van der Waals surface area contributed by atoms with Crippen molar-refractivity contribution in [2.75, 3.05) is 19.5 Å². The van der Waals surface area contributed by atoms with Gasteiger partial charge in [-0.15, -0.1) is 0 Å². The number of ether oxygens (including phenoxy) is 1. The van der Waals surface area contributed by atoms with Gasteiger partial charge in [-0.05, 0) is 30.5 Å². The lowest BCUT2D eigenvalue weighted by Gasteiger charge is -2.05. The van der Waals surface area contributed by atoms with E-state index in [0.717, 1.165) is 24.1 Å². The van der Waals surface area contributed by atoms with Gasteiger partial charge in [0.05, 0.1) is 17.8 Å². The molecular formula is C13H15ClN2O2. The summed E-state index contributed by atoms with van der Waals surface area (Å²) in [6.45, 7) is 0. The number of nitrogens with one attached hydrogen (secondary N) is 1. The number of methoxy groups -OCH3 is 1. The van der Waals surface area contributed by atoms with Gasteiger partial charge in [-0.3, -0.25) is 0 Å². The predicted octanol–water partition coefficient (Wildman–Crippen LogP) is 3.16. The zero-order valence-corrected chi connectivity index (χ0v) is 11.1. The van der Waals surface area contributed by atoms with E-state index in [9.17, 15) is 0 Å². The number of aromatic nitrogens is 1. The standard InChI is InChI=1S/C13H15ClN2O2/c1-15-13-16-10(8-18-13)5-3-9-4-6-12(17-2)11(14)7-9/h4,6-8H,3,5H2,1-2H3,(H,15,16). The monoisotopic (exact) mass is 266 g/mol. The molecule has 1 aromatic heterocycles. The normalized spacial score (nSPS) is 10.4. The molecule has 1 N–H and O–H groups in total. The Morgan fingerprint density at radius 3 is 2.83 bits per heavy atom. The Kier molecular flexibility index (Phi) is 4.10. The SMILES string of the molecule is CNc1nc(CCc2ccc(OC)c(Cl)c2)co1. The first kappa shape index (κ1) is 12.8. The molecule has 0 radical (unpaired) electrons. The highest BCUT2D eigenvalue weighted by Crippen LogP contribution is 2.25. The lowest BCUT2D eigenvalue weighted by Crippen LogP contribution is -1.94. The molecule has 0 aliphatic heterocycles. The van der Waals surface area contributed by atoms with Crippen LogP contribution in [-0.4, -0.2) is 19.1 Å². The van der Waals surface area contributed by atoms with Crippen molar-refractivity contribution in [1.82, 2.24) is 4.98 Å². The average Bonchev–Trinajstić information content (AvgIpc) is 2.84. The molecule has 0 saturated heterocycles. The molecule has 0 amide bonds. The fourth-order valence-electron chi connectivity index (χ4n) is 1.67. The first-order valence-corrected chi connectivity index (χ1v) is 6.05. The Hall–Kier alpha value is -1.68. The van der Waals surface area contributed by atoms with Crippen molar-refractivity contribution in [2.24, 2.45) is 0 Å². The topological polar surface area (TPSA) is 47.3 Å². The van der Waals surface area contributed by atoms with Gasteiger partial charge >= 0.3 is 0 Å². The van der Waals surface area contributed by atoms with Crippen LogP contribution in [0.25, 0.3) is 0 Å². The Labute approximate surface area is 111 Å². The van der Waals surface area contributed by atoms with Gasteiger partial charge in [0.2, 0.25) is 0 Å². The van der Waals surface area contributed by atoms with E-state index in [-0.39, 0.29) is 0 Å². The van der Waals surface area contributed by atoms with E-state index >= 15 is 0 Å². The van der Waals surface area contributed by atoms with Crippen LogP contribution in [0.2, 0.25) is 5.02 Å². The highest BCUT2D eigenvalue weighted by atomic mass is 35.5. The van der Waals surface area contributed by atoms with Crippen LogP contribution in [-0.2, 0) is 12.8 Å². The van der Waals surface area contributed by atoms with Crippen molar-refractivity contribution >= 4 is 17.6 Å². The summed E-state index contributed by atoms with van der Waals surface area (Å²) in [6.07, 6.45) is 3.34. The van der Waals surface area contributed by atoms with Crippen LogP contribution >= 0.6 is 11.6 Å². The Morgan fingerprint density at radius 1 is 1.39 bits per heavy atom. The number of halogens is 1. The van der Waals surface area contributed by atoms with Crippen LogP contribution in [0.3, 0.4) is 0 Å². The number of benzene rings is 1. The van der Waals surface area contributed by atoms with E-state index in [4.69, 9.17) is 20.8 Å². The van der Waals surface area contributed by atoms with Gasteiger partial charge < -0.3 is 14.5 Å². The number of anilines is 1. The van der Waals surface area contributed by atoms with E-state index in [1.54, 1.807) is 20.4 Å². The molecule has 1 aromatic carbocycles. The fourth-order valence-corrected chi connectivity index (χ4v) is 1.95. The van der Waals surface area contributed by atoms with Crippen LogP contribution in [0, 0.1) is 0 Å². The van der Waals surface area contributed by atoms with Gasteiger partial charge in [-0.1, -0.05) is 17.7 Å². The maximum Gasteiger partial charge on any atom is 0.294 e. The summed E-state index contributed by atoms with van der Waals surface area (Å²) in [6, 6.07) is 6.33. The quantitative estimate of drug-likeness (QED) is 0.903. The summed E-state index contributed by atoms with van der Waals surface area (Å²) in [7, 11) is 3.38. The van der Waals surface area contributed by atoms with Gasteiger partial charge in [0.1, 0.15) is 12.0 Å². The maximum atomic E-state index is 6.07. The third kappa shape index (κ3) is 2.96. The zero-order valence-electron chi connectivity index (χ0n) is 10.4. The molecule has 0 saturated carbocycles. The minimum Gasteiger partial charge on any atom is -0.495 e. The van der Waals surface area contributed by atoms with Crippen LogP contribution in [0.4, 0.5) is 6.01 Å². The van der Waals surface area contributed by atoms with Crippen molar-refractivity contribution in [3.05, 3.63) is 40.7 Å². The second-order valence-electron chi connectivity index (χ2n) is 3.86. The highest BCUT2D eigenvalue weighted by molar-refractivity contribution is 6.32. The molecule has 0 aliphatic rings. The molecule has 0 spiro atoms. The second-order valence-corrected chi connectivity index (χ2v) is 4.27. The third-order valence-corrected chi connectivity index (χ3v) is 2.95. The maximum absolute atomic E-state index is 6.07. The molecule has 1 heterocycles. The van der Waals surface area contributed by atoms with Crippen molar-refractivity contribution in [2.45, 2.75) is 12.8 Å². The van der Waals surface area contributed by atoms with Crippen LogP contribution in [0.15, 0.2) is 28.9 Å². The second kappa shape index (κ2) is 5.78. The summed E-state index contributed by atoms with van der Waals surface area (Å²) in [5, 5.41) is 3.48. The molecule has 2 rings (SSSR count). The van der Waals surface area contributed by atoms with Gasteiger partial charge in [0.15, 0.2) is 0 Å². The van der Waals surface area contributed by atoms with Crippen LogP contribution in [0.1, 0.15) is 11.3 Å². The lowest BCUT2D eigenvalue weighted by atomic mass is 10.1. The molecular weight excluding hydrogens is 252 g/mol. The minimum absolute atomic E-state index is 0.540. The largest absolute Gasteiger partial charge is 0.495 e. The summed E-state index contributed by atoms with van der Waals surface area (Å²) in [5.41, 5.74) is 2.07. The first-order chi connectivity index (χ1) is 8.72. The molecule has 2 aromatic rings. The van der Waals surface area contributed by atoms with Crippen molar-refractivity contribution in [1.29, 1.82) is 0 Å². The van der Waals surface area contributed by atoms with E-state index < -0.39 is 0 Å². The van der Waals surface area contributed by atoms with Crippen LogP contribution in [0.5, 0.6) is 5.75 Å². The molecule has 0 unspecified atom stereocenters. The number of oxazole rings is 1. The fraction of sp³-hybridized carbons (Fsp3) is 0.308. The van der Waals surface area contributed by atoms with Gasteiger partial charge in [-0.2, -0.15) is 4.98 Å². The molecule has 5 heteroatoms. The number of nitrogens with zero attached hydrogens (tertiary/aromatic N) is 1. The summed E-state index contributed by atoms with van der Waals surface area (Å²) < 4.78 is 10.3. The Balaban J connectivity index is 1.99. The van der Waals surface area contributed by atoms with E-state index in [1.807, 2.05) is 18.2 Å².